The number of methoxy groups -OCH3 is 2. The third kappa shape index (κ3) is 3.13. The van der Waals surface area contributed by atoms with Crippen molar-refractivity contribution in [3.63, 3.8) is 0 Å². The minimum absolute atomic E-state index is 0.0406. The molecular formula is C11H14F2N2O3. The number of halogens is 2. The number of hydrogen-bond donors (Lipinski definition) is 1. The molecule has 0 atom stereocenters. The standard InChI is InChI=1S/C11H14F2N2O3/c1-17-9(16)4-6-3-7(11(12)13)10(18-2)8(5-14)15-6/h3,11H,4-5,14H2,1-2H3. The molecule has 0 aliphatic heterocycles. The van der Waals surface area contributed by atoms with Crippen LogP contribution in [0.15, 0.2) is 6.07 Å². The molecule has 2 N–H and O–H groups in total. The predicted molar refractivity (Wildman–Crippen MR) is 59.4 cm³/mol. The van der Waals surface area contributed by atoms with Crippen LogP contribution < -0.4 is 10.5 Å². The fourth-order valence-electron chi connectivity index (χ4n) is 1.51. The summed E-state index contributed by atoms with van der Waals surface area (Å²) < 4.78 is 35.1. The zero-order valence-corrected chi connectivity index (χ0v) is 10.1. The summed E-state index contributed by atoms with van der Waals surface area (Å²) in [5.74, 6) is -0.600. The molecule has 1 aromatic heterocycles. The first-order valence-corrected chi connectivity index (χ1v) is 5.15. The van der Waals surface area contributed by atoms with Crippen LogP contribution in [0.1, 0.15) is 23.4 Å². The SMILES string of the molecule is COC(=O)Cc1cc(C(F)F)c(OC)c(CN)n1. The zero-order valence-electron chi connectivity index (χ0n) is 10.1. The van der Waals surface area contributed by atoms with Gasteiger partial charge < -0.3 is 15.2 Å². The van der Waals surface area contributed by atoms with Crippen LogP contribution in [0.2, 0.25) is 0 Å². The van der Waals surface area contributed by atoms with Gasteiger partial charge in [-0.05, 0) is 6.07 Å². The minimum Gasteiger partial charge on any atom is -0.494 e. The molecule has 0 amide bonds. The molecule has 0 radical (unpaired) electrons. The van der Waals surface area contributed by atoms with E-state index in [2.05, 4.69) is 9.72 Å². The van der Waals surface area contributed by atoms with Crippen LogP contribution in [0.5, 0.6) is 5.75 Å². The van der Waals surface area contributed by atoms with Gasteiger partial charge in [0.05, 0.1) is 37.6 Å². The molecule has 1 rings (SSSR count). The Balaban J connectivity index is 3.22. The summed E-state index contributed by atoms with van der Waals surface area (Å²) in [6.07, 6.45) is -2.92. The van der Waals surface area contributed by atoms with E-state index < -0.39 is 12.4 Å². The Bertz CT molecular complexity index is 439. The Labute approximate surface area is 103 Å². The lowest BCUT2D eigenvalue weighted by Crippen LogP contribution is -2.12. The smallest absolute Gasteiger partial charge is 0.311 e. The number of carbonyl (C=O) groups excluding carboxylic acids is 1. The molecule has 18 heavy (non-hydrogen) atoms. The molecule has 0 aromatic carbocycles. The summed E-state index contributed by atoms with van der Waals surface area (Å²) in [5.41, 5.74) is 5.47. The Morgan fingerprint density at radius 2 is 2.17 bits per heavy atom. The van der Waals surface area contributed by atoms with Crippen LogP contribution in [-0.2, 0) is 22.5 Å². The van der Waals surface area contributed by atoms with Gasteiger partial charge in [-0.3, -0.25) is 9.78 Å². The van der Waals surface area contributed by atoms with Crippen molar-refractivity contribution >= 4 is 5.97 Å². The highest BCUT2D eigenvalue weighted by Gasteiger charge is 2.20. The fourth-order valence-corrected chi connectivity index (χ4v) is 1.51. The van der Waals surface area contributed by atoms with E-state index in [1.54, 1.807) is 0 Å². The van der Waals surface area contributed by atoms with Crippen molar-refractivity contribution in [1.82, 2.24) is 4.98 Å². The fraction of sp³-hybridized carbons (Fsp3) is 0.455. The summed E-state index contributed by atoms with van der Waals surface area (Å²) in [7, 11) is 2.48. The van der Waals surface area contributed by atoms with Crippen molar-refractivity contribution in [2.75, 3.05) is 14.2 Å². The Hall–Kier alpha value is -1.76. The average Bonchev–Trinajstić information content (AvgIpc) is 2.37. The average molecular weight is 260 g/mol. The van der Waals surface area contributed by atoms with Crippen LogP contribution >= 0.6 is 0 Å². The van der Waals surface area contributed by atoms with Gasteiger partial charge in [0, 0.05) is 6.54 Å². The monoisotopic (exact) mass is 260 g/mol. The number of pyridine rings is 1. The Morgan fingerprint density at radius 1 is 1.50 bits per heavy atom. The van der Waals surface area contributed by atoms with Crippen LogP contribution in [0.4, 0.5) is 8.78 Å². The molecule has 0 saturated heterocycles. The zero-order chi connectivity index (χ0) is 13.7. The van der Waals surface area contributed by atoms with Crippen LogP contribution in [-0.4, -0.2) is 25.2 Å². The highest BCUT2D eigenvalue weighted by molar-refractivity contribution is 5.72. The van der Waals surface area contributed by atoms with Crippen molar-refractivity contribution in [2.45, 2.75) is 19.4 Å². The lowest BCUT2D eigenvalue weighted by atomic mass is 10.1. The van der Waals surface area contributed by atoms with Crippen molar-refractivity contribution in [1.29, 1.82) is 0 Å². The van der Waals surface area contributed by atoms with E-state index in [1.807, 2.05) is 0 Å². The molecule has 0 fully saturated rings. The van der Waals surface area contributed by atoms with E-state index in [1.165, 1.54) is 14.2 Å². The highest BCUT2D eigenvalue weighted by atomic mass is 19.3. The molecule has 100 valence electrons. The summed E-state index contributed by atoms with van der Waals surface area (Å²) >= 11 is 0. The summed E-state index contributed by atoms with van der Waals surface area (Å²) in [4.78, 5) is 15.1. The molecule has 0 aliphatic rings. The lowest BCUT2D eigenvalue weighted by Gasteiger charge is -2.13. The maximum atomic E-state index is 12.9. The van der Waals surface area contributed by atoms with Crippen molar-refractivity contribution in [2.24, 2.45) is 5.73 Å². The van der Waals surface area contributed by atoms with Crippen LogP contribution in [0.3, 0.4) is 0 Å². The first kappa shape index (κ1) is 14.3. The van der Waals surface area contributed by atoms with Crippen LogP contribution in [0, 0.1) is 0 Å². The van der Waals surface area contributed by atoms with Gasteiger partial charge in [-0.2, -0.15) is 0 Å². The lowest BCUT2D eigenvalue weighted by molar-refractivity contribution is -0.139. The molecule has 5 nitrogen and oxygen atoms in total. The van der Waals surface area contributed by atoms with Crippen LogP contribution in [0.25, 0.3) is 0 Å². The van der Waals surface area contributed by atoms with Crippen molar-refractivity contribution in [3.8, 4) is 5.75 Å². The van der Waals surface area contributed by atoms with Gasteiger partial charge in [0.2, 0.25) is 0 Å². The number of carbonyl (C=O) groups is 1. The third-order valence-electron chi connectivity index (χ3n) is 2.31. The molecule has 7 heteroatoms. The van der Waals surface area contributed by atoms with Gasteiger partial charge in [0.25, 0.3) is 6.43 Å². The Morgan fingerprint density at radius 3 is 2.61 bits per heavy atom. The number of esters is 1. The number of hydrogen-bond acceptors (Lipinski definition) is 5. The second kappa shape index (κ2) is 6.25. The quantitative estimate of drug-likeness (QED) is 0.805. The van der Waals surface area contributed by atoms with Gasteiger partial charge in [0.15, 0.2) is 5.75 Å². The van der Waals surface area contributed by atoms with Gasteiger partial charge in [-0.1, -0.05) is 0 Å². The van der Waals surface area contributed by atoms with E-state index in [-0.39, 0.29) is 35.7 Å². The molecule has 1 heterocycles. The highest BCUT2D eigenvalue weighted by Crippen LogP contribution is 2.31. The first-order valence-electron chi connectivity index (χ1n) is 5.15. The number of nitrogens with zero attached hydrogens (tertiary/aromatic N) is 1. The second-order valence-corrected chi connectivity index (χ2v) is 3.44. The maximum absolute atomic E-state index is 12.9. The van der Waals surface area contributed by atoms with Gasteiger partial charge in [0.1, 0.15) is 0 Å². The van der Waals surface area contributed by atoms with Gasteiger partial charge >= 0.3 is 5.97 Å². The molecule has 0 spiro atoms. The van der Waals surface area contributed by atoms with Crippen molar-refractivity contribution < 1.29 is 23.0 Å². The number of ether oxygens (including phenoxy) is 2. The van der Waals surface area contributed by atoms with E-state index in [9.17, 15) is 13.6 Å². The van der Waals surface area contributed by atoms with E-state index in [0.717, 1.165) is 6.07 Å². The summed E-state index contributed by atoms with van der Waals surface area (Å²) in [6.45, 7) is -0.0576. The number of rotatable bonds is 5. The maximum Gasteiger partial charge on any atom is 0.311 e. The third-order valence-corrected chi connectivity index (χ3v) is 2.31. The number of alkyl halides is 2. The Kier molecular flexibility index (Phi) is 4.96. The van der Waals surface area contributed by atoms with E-state index in [0.29, 0.717) is 0 Å². The van der Waals surface area contributed by atoms with E-state index in [4.69, 9.17) is 10.5 Å². The predicted octanol–water partition coefficient (Wildman–Crippen LogP) is 1.20. The number of nitrogens with two attached hydrogens (primary N) is 1. The van der Waals surface area contributed by atoms with Gasteiger partial charge in [-0.25, -0.2) is 8.78 Å². The first-order chi connectivity index (χ1) is 8.53. The molecule has 1 aromatic rings. The largest absolute Gasteiger partial charge is 0.494 e. The number of aromatic nitrogens is 1. The van der Waals surface area contributed by atoms with Crippen molar-refractivity contribution in [3.05, 3.63) is 23.0 Å². The molecule has 0 saturated carbocycles. The minimum atomic E-state index is -2.73. The molecule has 0 aliphatic carbocycles. The van der Waals surface area contributed by atoms with E-state index >= 15 is 0 Å². The topological polar surface area (TPSA) is 74.4 Å². The van der Waals surface area contributed by atoms with Gasteiger partial charge in [-0.15, -0.1) is 0 Å². The summed E-state index contributed by atoms with van der Waals surface area (Å²) in [5, 5.41) is 0. The summed E-state index contributed by atoms with van der Waals surface area (Å²) in [6, 6.07) is 1.12. The molecule has 0 bridgehead atoms. The molecular weight excluding hydrogens is 246 g/mol. The normalized spacial score (nSPS) is 10.6. The second-order valence-electron chi connectivity index (χ2n) is 3.44. The molecule has 0 unspecified atom stereocenters.